The van der Waals surface area contributed by atoms with Crippen LogP contribution in [0, 0.1) is 20.8 Å². The Labute approximate surface area is 179 Å². The van der Waals surface area contributed by atoms with E-state index in [-0.39, 0.29) is 18.4 Å². The standard InChI is InChI=1S/C24H32N4O2/c1-18-6-5-7-21(14-18)28-12-10-27(11-13-28)17-24(30)26(4)16-23(29)25-22-15-19(2)8-9-20(22)3/h5-9,14-15H,10-13,16-17H2,1-4H3,(H,25,29). The number of nitrogens with one attached hydrogen (secondary N) is 1. The average Bonchev–Trinajstić information content (AvgIpc) is 2.71. The Morgan fingerprint density at radius 3 is 2.37 bits per heavy atom. The van der Waals surface area contributed by atoms with Crippen LogP contribution in [0.4, 0.5) is 11.4 Å². The third-order valence-corrected chi connectivity index (χ3v) is 5.57. The summed E-state index contributed by atoms with van der Waals surface area (Å²) >= 11 is 0. The second-order valence-corrected chi connectivity index (χ2v) is 8.22. The monoisotopic (exact) mass is 408 g/mol. The number of piperazine rings is 1. The molecule has 2 aromatic rings. The molecule has 2 amide bonds. The Bertz CT molecular complexity index is 904. The van der Waals surface area contributed by atoms with E-state index < -0.39 is 0 Å². The second-order valence-electron chi connectivity index (χ2n) is 8.22. The van der Waals surface area contributed by atoms with Gasteiger partial charge in [0.2, 0.25) is 11.8 Å². The van der Waals surface area contributed by atoms with Gasteiger partial charge in [0.25, 0.3) is 0 Å². The predicted molar refractivity (Wildman–Crippen MR) is 122 cm³/mol. The van der Waals surface area contributed by atoms with Gasteiger partial charge in [0.05, 0.1) is 13.1 Å². The van der Waals surface area contributed by atoms with E-state index >= 15 is 0 Å². The molecule has 1 N–H and O–H groups in total. The zero-order chi connectivity index (χ0) is 21.7. The molecule has 6 heteroatoms. The van der Waals surface area contributed by atoms with Crippen molar-refractivity contribution in [2.75, 3.05) is 56.5 Å². The quantitative estimate of drug-likeness (QED) is 0.799. The highest BCUT2D eigenvalue weighted by Crippen LogP contribution is 2.18. The zero-order valence-electron chi connectivity index (χ0n) is 18.4. The molecule has 0 saturated carbocycles. The van der Waals surface area contributed by atoms with Crippen molar-refractivity contribution in [1.29, 1.82) is 0 Å². The SMILES string of the molecule is Cc1cccc(N2CCN(CC(=O)N(C)CC(=O)Nc3cc(C)ccc3C)CC2)c1. The maximum absolute atomic E-state index is 12.6. The first-order valence-corrected chi connectivity index (χ1v) is 10.5. The van der Waals surface area contributed by atoms with Gasteiger partial charge in [0.1, 0.15) is 0 Å². The summed E-state index contributed by atoms with van der Waals surface area (Å²) in [4.78, 5) is 31.0. The van der Waals surface area contributed by atoms with E-state index in [9.17, 15) is 9.59 Å². The summed E-state index contributed by atoms with van der Waals surface area (Å²) in [5, 5.41) is 2.92. The summed E-state index contributed by atoms with van der Waals surface area (Å²) < 4.78 is 0. The molecular formula is C24H32N4O2. The number of hydrogen-bond acceptors (Lipinski definition) is 4. The predicted octanol–water partition coefficient (Wildman–Crippen LogP) is 2.83. The summed E-state index contributed by atoms with van der Waals surface area (Å²) in [6.45, 7) is 9.91. The van der Waals surface area contributed by atoms with E-state index in [4.69, 9.17) is 0 Å². The summed E-state index contributed by atoms with van der Waals surface area (Å²) in [6.07, 6.45) is 0. The van der Waals surface area contributed by atoms with Crippen molar-refractivity contribution in [3.8, 4) is 0 Å². The molecule has 0 bridgehead atoms. The molecule has 3 rings (SSSR count). The van der Waals surface area contributed by atoms with Crippen molar-refractivity contribution in [3.63, 3.8) is 0 Å². The van der Waals surface area contributed by atoms with E-state index in [1.165, 1.54) is 16.2 Å². The van der Waals surface area contributed by atoms with E-state index in [1.54, 1.807) is 7.05 Å². The second kappa shape index (κ2) is 9.76. The Balaban J connectivity index is 1.45. The van der Waals surface area contributed by atoms with E-state index in [2.05, 4.69) is 46.3 Å². The molecule has 1 aliphatic rings. The minimum absolute atomic E-state index is 0.0323. The van der Waals surface area contributed by atoms with Gasteiger partial charge in [-0.2, -0.15) is 0 Å². The minimum Gasteiger partial charge on any atom is -0.369 e. The molecular weight excluding hydrogens is 376 g/mol. The fourth-order valence-corrected chi connectivity index (χ4v) is 3.66. The van der Waals surface area contributed by atoms with Gasteiger partial charge in [0.15, 0.2) is 0 Å². The maximum atomic E-state index is 12.6. The van der Waals surface area contributed by atoms with Gasteiger partial charge in [0, 0.05) is 44.6 Å². The number of hydrogen-bond donors (Lipinski definition) is 1. The third kappa shape index (κ3) is 5.83. The molecule has 1 heterocycles. The van der Waals surface area contributed by atoms with Gasteiger partial charge in [-0.1, -0.05) is 24.3 Å². The van der Waals surface area contributed by atoms with Crippen LogP contribution in [-0.4, -0.2) is 67.9 Å². The molecule has 0 spiro atoms. The number of carbonyl (C=O) groups is 2. The van der Waals surface area contributed by atoms with Gasteiger partial charge in [-0.05, 0) is 55.7 Å². The van der Waals surface area contributed by atoms with Crippen molar-refractivity contribution < 1.29 is 9.59 Å². The summed E-state index contributed by atoms with van der Waals surface area (Å²) in [7, 11) is 1.69. The maximum Gasteiger partial charge on any atom is 0.243 e. The minimum atomic E-state index is -0.177. The van der Waals surface area contributed by atoms with Gasteiger partial charge >= 0.3 is 0 Å². The van der Waals surface area contributed by atoms with Gasteiger partial charge < -0.3 is 15.1 Å². The topological polar surface area (TPSA) is 55.9 Å². The number of benzene rings is 2. The van der Waals surface area contributed by atoms with Crippen LogP contribution in [0.5, 0.6) is 0 Å². The van der Waals surface area contributed by atoms with E-state index in [0.717, 1.165) is 43.0 Å². The first-order valence-electron chi connectivity index (χ1n) is 10.5. The van der Waals surface area contributed by atoms with E-state index in [1.807, 2.05) is 32.0 Å². The number of carbonyl (C=O) groups excluding carboxylic acids is 2. The van der Waals surface area contributed by atoms with Crippen LogP contribution in [0.15, 0.2) is 42.5 Å². The molecule has 1 saturated heterocycles. The van der Waals surface area contributed by atoms with E-state index in [0.29, 0.717) is 6.54 Å². The normalized spacial score (nSPS) is 14.5. The molecule has 1 fully saturated rings. The van der Waals surface area contributed by atoms with Crippen molar-refractivity contribution in [2.24, 2.45) is 0 Å². The molecule has 2 aromatic carbocycles. The van der Waals surface area contributed by atoms with Gasteiger partial charge in [-0.3, -0.25) is 14.5 Å². The molecule has 0 aromatic heterocycles. The molecule has 6 nitrogen and oxygen atoms in total. The lowest BCUT2D eigenvalue weighted by molar-refractivity contribution is -0.134. The Kier molecular flexibility index (Phi) is 7.11. The van der Waals surface area contributed by atoms with Crippen molar-refractivity contribution in [3.05, 3.63) is 59.2 Å². The van der Waals surface area contributed by atoms with Crippen molar-refractivity contribution in [2.45, 2.75) is 20.8 Å². The Morgan fingerprint density at radius 1 is 0.967 bits per heavy atom. The summed E-state index contributed by atoms with van der Waals surface area (Å²) in [6, 6.07) is 14.5. The average molecular weight is 409 g/mol. The lowest BCUT2D eigenvalue weighted by Gasteiger charge is -2.36. The van der Waals surface area contributed by atoms with Crippen LogP contribution in [0.25, 0.3) is 0 Å². The number of amides is 2. The molecule has 0 unspecified atom stereocenters. The van der Waals surface area contributed by atoms with Crippen LogP contribution in [0.3, 0.4) is 0 Å². The largest absolute Gasteiger partial charge is 0.369 e. The molecule has 160 valence electrons. The summed E-state index contributed by atoms with van der Waals surface area (Å²) in [5.41, 5.74) is 5.39. The molecule has 1 aliphatic heterocycles. The smallest absolute Gasteiger partial charge is 0.243 e. The van der Waals surface area contributed by atoms with Crippen molar-refractivity contribution >= 4 is 23.2 Å². The number of nitrogens with zero attached hydrogens (tertiary/aromatic N) is 3. The fourth-order valence-electron chi connectivity index (χ4n) is 3.66. The highest BCUT2D eigenvalue weighted by Gasteiger charge is 2.21. The van der Waals surface area contributed by atoms with Crippen LogP contribution < -0.4 is 10.2 Å². The fraction of sp³-hybridized carbons (Fsp3) is 0.417. The number of aryl methyl sites for hydroxylation is 3. The molecule has 0 aliphatic carbocycles. The van der Waals surface area contributed by atoms with Crippen molar-refractivity contribution in [1.82, 2.24) is 9.80 Å². The number of rotatable bonds is 6. The van der Waals surface area contributed by atoms with Gasteiger partial charge in [-0.25, -0.2) is 0 Å². The first-order chi connectivity index (χ1) is 14.3. The highest BCUT2D eigenvalue weighted by molar-refractivity contribution is 5.95. The zero-order valence-corrected chi connectivity index (χ0v) is 18.4. The van der Waals surface area contributed by atoms with Gasteiger partial charge in [-0.15, -0.1) is 0 Å². The van der Waals surface area contributed by atoms with Crippen LogP contribution in [-0.2, 0) is 9.59 Å². The van der Waals surface area contributed by atoms with Crippen LogP contribution >= 0.6 is 0 Å². The molecule has 0 radical (unpaired) electrons. The van der Waals surface area contributed by atoms with Crippen LogP contribution in [0.1, 0.15) is 16.7 Å². The van der Waals surface area contributed by atoms with Crippen LogP contribution in [0.2, 0.25) is 0 Å². The summed E-state index contributed by atoms with van der Waals surface area (Å²) in [5.74, 6) is -0.209. The number of anilines is 2. The number of likely N-dealkylation sites (N-methyl/N-ethyl adjacent to an activating group) is 1. The lowest BCUT2D eigenvalue weighted by atomic mass is 10.1. The first kappa shape index (κ1) is 21.8. The highest BCUT2D eigenvalue weighted by atomic mass is 16.2. The molecule has 30 heavy (non-hydrogen) atoms. The lowest BCUT2D eigenvalue weighted by Crippen LogP contribution is -2.50. The molecule has 0 atom stereocenters. The Hall–Kier alpha value is -2.86. The Morgan fingerprint density at radius 2 is 1.67 bits per heavy atom. The third-order valence-electron chi connectivity index (χ3n) is 5.57.